The summed E-state index contributed by atoms with van der Waals surface area (Å²) in [6.45, 7) is 2.38. The van der Waals surface area contributed by atoms with Gasteiger partial charge in [-0.1, -0.05) is 30.1 Å². The van der Waals surface area contributed by atoms with Gasteiger partial charge in [0.05, 0.1) is 27.5 Å². The number of benzene rings is 2. The molecule has 0 bridgehead atoms. The number of amides is 2. The van der Waals surface area contributed by atoms with E-state index in [4.69, 9.17) is 28.9 Å². The van der Waals surface area contributed by atoms with Crippen molar-refractivity contribution in [1.29, 1.82) is 0 Å². The second-order valence-corrected chi connectivity index (χ2v) is 7.62. The van der Waals surface area contributed by atoms with Crippen LogP contribution in [0.1, 0.15) is 34.2 Å². The third-order valence-corrected chi connectivity index (χ3v) is 5.06. The fraction of sp³-hybridized carbons (Fsp3) is 0.136. The Morgan fingerprint density at radius 2 is 1.78 bits per heavy atom. The van der Waals surface area contributed by atoms with E-state index in [-0.39, 0.29) is 43.8 Å². The fourth-order valence-electron chi connectivity index (χ4n) is 2.90. The van der Waals surface area contributed by atoms with Crippen LogP contribution in [0.3, 0.4) is 0 Å². The molecule has 0 saturated carbocycles. The number of hydrogen-bond acceptors (Lipinski definition) is 4. The topological polar surface area (TPSA) is 97.1 Å². The number of halogens is 4. The predicted octanol–water partition coefficient (Wildman–Crippen LogP) is 5.31. The third kappa shape index (κ3) is 5.15. The molecule has 0 atom stereocenters. The van der Waals surface area contributed by atoms with Crippen LogP contribution in [0.15, 0.2) is 42.6 Å². The van der Waals surface area contributed by atoms with Crippen LogP contribution in [-0.4, -0.2) is 23.3 Å². The van der Waals surface area contributed by atoms with E-state index in [0.717, 1.165) is 24.6 Å². The smallest absolute Gasteiger partial charge is 0.271 e. The summed E-state index contributed by atoms with van der Waals surface area (Å²) < 4.78 is 28.0. The van der Waals surface area contributed by atoms with Gasteiger partial charge in [0.25, 0.3) is 11.8 Å². The van der Waals surface area contributed by atoms with E-state index in [9.17, 15) is 18.4 Å². The Labute approximate surface area is 192 Å². The van der Waals surface area contributed by atoms with Crippen molar-refractivity contribution in [2.45, 2.75) is 13.3 Å². The number of aromatic nitrogens is 1. The largest absolute Gasteiger partial charge is 0.398 e. The molecule has 0 aliphatic carbocycles. The van der Waals surface area contributed by atoms with Crippen molar-refractivity contribution in [3.63, 3.8) is 0 Å². The van der Waals surface area contributed by atoms with Gasteiger partial charge in [-0.15, -0.1) is 0 Å². The zero-order chi connectivity index (χ0) is 23.4. The first-order valence-corrected chi connectivity index (χ1v) is 10.3. The van der Waals surface area contributed by atoms with Crippen LogP contribution in [-0.2, 0) is 0 Å². The molecule has 3 rings (SSSR count). The molecule has 6 nitrogen and oxygen atoms in total. The molecule has 3 aromatic rings. The Bertz CT molecular complexity index is 1200. The standard InChI is InChI=1S/C22H18Cl2F2N4O2/c1-2-5-28-22(32)20-17(24)7-12(10-29-20)30-21(31)15-9-18(26)14(8-16(15)23)13-4-3-11(25)6-19(13)27/h3-4,6-10H,2,5,27H2,1H3,(H,28,32)(H,30,31). The minimum absolute atomic E-state index is 0.0171. The van der Waals surface area contributed by atoms with Crippen LogP contribution in [0, 0.1) is 11.6 Å². The highest BCUT2D eigenvalue weighted by atomic mass is 35.5. The highest BCUT2D eigenvalue weighted by Crippen LogP contribution is 2.33. The fourth-order valence-corrected chi connectivity index (χ4v) is 3.40. The maximum Gasteiger partial charge on any atom is 0.271 e. The quantitative estimate of drug-likeness (QED) is 0.418. The van der Waals surface area contributed by atoms with Crippen molar-refractivity contribution in [3.8, 4) is 11.1 Å². The molecule has 0 spiro atoms. The van der Waals surface area contributed by atoms with E-state index in [1.807, 2.05) is 6.92 Å². The number of anilines is 2. The van der Waals surface area contributed by atoms with Crippen molar-refractivity contribution < 1.29 is 18.4 Å². The van der Waals surface area contributed by atoms with Crippen LogP contribution in [0.4, 0.5) is 20.2 Å². The molecule has 2 amide bonds. The van der Waals surface area contributed by atoms with Crippen LogP contribution >= 0.6 is 23.2 Å². The number of hydrogen-bond donors (Lipinski definition) is 3. The molecule has 4 N–H and O–H groups in total. The monoisotopic (exact) mass is 478 g/mol. The van der Waals surface area contributed by atoms with Crippen molar-refractivity contribution in [2.75, 3.05) is 17.6 Å². The van der Waals surface area contributed by atoms with Gasteiger partial charge in [0.15, 0.2) is 0 Å². The van der Waals surface area contributed by atoms with Gasteiger partial charge in [-0.2, -0.15) is 0 Å². The summed E-state index contributed by atoms with van der Waals surface area (Å²) in [6, 6.07) is 7.07. The van der Waals surface area contributed by atoms with Gasteiger partial charge in [0, 0.05) is 23.4 Å². The Balaban J connectivity index is 1.83. The molecule has 0 unspecified atom stereocenters. The highest BCUT2D eigenvalue weighted by molar-refractivity contribution is 6.35. The van der Waals surface area contributed by atoms with Gasteiger partial charge in [-0.3, -0.25) is 9.59 Å². The van der Waals surface area contributed by atoms with Gasteiger partial charge in [-0.25, -0.2) is 13.8 Å². The molecule has 32 heavy (non-hydrogen) atoms. The van der Waals surface area contributed by atoms with Gasteiger partial charge in [0.1, 0.15) is 17.3 Å². The van der Waals surface area contributed by atoms with Gasteiger partial charge >= 0.3 is 0 Å². The molecule has 0 aliphatic heterocycles. The lowest BCUT2D eigenvalue weighted by Crippen LogP contribution is -2.25. The maximum atomic E-state index is 14.7. The zero-order valence-electron chi connectivity index (χ0n) is 16.8. The first-order valence-electron chi connectivity index (χ1n) is 9.50. The summed E-state index contributed by atoms with van der Waals surface area (Å²) in [5, 5.41) is 5.16. The number of nitrogens with one attached hydrogen (secondary N) is 2. The minimum Gasteiger partial charge on any atom is -0.398 e. The van der Waals surface area contributed by atoms with Crippen molar-refractivity contribution in [2.24, 2.45) is 0 Å². The predicted molar refractivity (Wildman–Crippen MR) is 121 cm³/mol. The van der Waals surface area contributed by atoms with Crippen LogP contribution < -0.4 is 16.4 Å². The summed E-state index contributed by atoms with van der Waals surface area (Å²) in [4.78, 5) is 28.6. The number of carbonyl (C=O) groups is 2. The molecule has 1 aromatic heterocycles. The Kier molecular flexibility index (Phi) is 7.27. The molecule has 0 saturated heterocycles. The Morgan fingerprint density at radius 1 is 1.03 bits per heavy atom. The summed E-state index contributed by atoms with van der Waals surface area (Å²) in [6.07, 6.45) is 2.00. The van der Waals surface area contributed by atoms with E-state index < -0.39 is 23.4 Å². The summed E-state index contributed by atoms with van der Waals surface area (Å²) in [5.41, 5.74) is 6.13. The van der Waals surface area contributed by atoms with Crippen LogP contribution in [0.2, 0.25) is 10.0 Å². The highest BCUT2D eigenvalue weighted by Gasteiger charge is 2.19. The lowest BCUT2D eigenvalue weighted by molar-refractivity contribution is 0.0948. The molecule has 166 valence electrons. The second-order valence-electron chi connectivity index (χ2n) is 6.81. The van der Waals surface area contributed by atoms with E-state index in [1.54, 1.807) is 0 Å². The Morgan fingerprint density at radius 3 is 2.44 bits per heavy atom. The average molecular weight is 479 g/mol. The molecule has 0 radical (unpaired) electrons. The summed E-state index contributed by atoms with van der Waals surface area (Å²) in [5.74, 6) is -2.48. The first kappa shape index (κ1) is 23.4. The van der Waals surface area contributed by atoms with E-state index in [1.165, 1.54) is 24.4 Å². The molecule has 1 heterocycles. The molecule has 10 heteroatoms. The molecule has 0 aliphatic rings. The van der Waals surface area contributed by atoms with E-state index in [0.29, 0.717) is 6.54 Å². The van der Waals surface area contributed by atoms with Crippen molar-refractivity contribution in [3.05, 3.63) is 75.5 Å². The number of nitrogens with two attached hydrogens (primary N) is 1. The average Bonchev–Trinajstić information content (AvgIpc) is 2.73. The summed E-state index contributed by atoms with van der Waals surface area (Å²) in [7, 11) is 0. The number of carbonyl (C=O) groups excluding carboxylic acids is 2. The molecule has 2 aromatic carbocycles. The number of pyridine rings is 1. The number of nitrogen functional groups attached to an aromatic ring is 1. The van der Waals surface area contributed by atoms with Crippen LogP contribution in [0.25, 0.3) is 11.1 Å². The zero-order valence-corrected chi connectivity index (χ0v) is 18.3. The van der Waals surface area contributed by atoms with Gasteiger partial charge in [0.2, 0.25) is 0 Å². The van der Waals surface area contributed by atoms with E-state index in [2.05, 4.69) is 15.6 Å². The number of nitrogens with zero attached hydrogens (tertiary/aromatic N) is 1. The second kappa shape index (κ2) is 9.93. The first-order chi connectivity index (χ1) is 15.2. The van der Waals surface area contributed by atoms with Crippen molar-refractivity contribution in [1.82, 2.24) is 10.3 Å². The maximum absolute atomic E-state index is 14.7. The number of rotatable bonds is 6. The molecular weight excluding hydrogens is 461 g/mol. The lowest BCUT2D eigenvalue weighted by Gasteiger charge is -2.12. The molecule has 0 fully saturated rings. The lowest BCUT2D eigenvalue weighted by atomic mass is 10.0. The van der Waals surface area contributed by atoms with Crippen molar-refractivity contribution >= 4 is 46.4 Å². The summed E-state index contributed by atoms with van der Waals surface area (Å²) >= 11 is 12.3. The third-order valence-electron chi connectivity index (χ3n) is 4.45. The Hall–Kier alpha value is -3.23. The van der Waals surface area contributed by atoms with Gasteiger partial charge < -0.3 is 16.4 Å². The minimum atomic E-state index is -0.767. The molecular formula is C22H18Cl2F2N4O2. The van der Waals surface area contributed by atoms with Gasteiger partial charge in [-0.05, 0) is 42.8 Å². The van der Waals surface area contributed by atoms with Crippen LogP contribution in [0.5, 0.6) is 0 Å². The normalized spacial score (nSPS) is 10.7. The SMILES string of the molecule is CCCNC(=O)c1ncc(NC(=O)c2cc(F)c(-c3ccc(F)cc3N)cc2Cl)cc1Cl. The van der Waals surface area contributed by atoms with E-state index >= 15 is 0 Å².